The highest BCUT2D eigenvalue weighted by molar-refractivity contribution is 5.91. The second-order valence-corrected chi connectivity index (χ2v) is 7.11. The first-order valence-electron chi connectivity index (χ1n) is 9.32. The number of piperidine rings is 1. The van der Waals surface area contributed by atoms with E-state index in [0.717, 1.165) is 18.5 Å². The van der Waals surface area contributed by atoms with Gasteiger partial charge in [-0.1, -0.05) is 12.1 Å². The number of aromatic nitrogens is 2. The lowest BCUT2D eigenvalue weighted by Gasteiger charge is -2.32. The number of ether oxygens (including phenoxy) is 1. The van der Waals surface area contributed by atoms with Crippen molar-refractivity contribution in [2.75, 3.05) is 18.4 Å². The van der Waals surface area contributed by atoms with Crippen LogP contribution < -0.4 is 15.6 Å². The predicted molar refractivity (Wildman–Crippen MR) is 104 cm³/mol. The third kappa shape index (κ3) is 4.87. The van der Waals surface area contributed by atoms with Crippen LogP contribution in [0, 0.1) is 6.92 Å². The van der Waals surface area contributed by atoms with Gasteiger partial charge in [-0.25, -0.2) is 9.78 Å². The summed E-state index contributed by atoms with van der Waals surface area (Å²) in [6.07, 6.45) is 1.60. The fraction of sp³-hybridized carbons (Fsp3) is 0.450. The van der Waals surface area contributed by atoms with E-state index in [1.807, 2.05) is 38.1 Å². The molecule has 0 aliphatic carbocycles. The maximum atomic E-state index is 12.6. The largest absolute Gasteiger partial charge is 0.489 e. The molecule has 0 unspecified atom stereocenters. The van der Waals surface area contributed by atoms with E-state index in [2.05, 4.69) is 15.3 Å². The van der Waals surface area contributed by atoms with Gasteiger partial charge < -0.3 is 19.9 Å². The normalized spacial score (nSPS) is 15.0. The summed E-state index contributed by atoms with van der Waals surface area (Å²) in [5, 5.41) is 2.95. The molecule has 2 amide bonds. The van der Waals surface area contributed by atoms with Gasteiger partial charge in [-0.3, -0.25) is 4.79 Å². The Kier molecular flexibility index (Phi) is 5.78. The van der Waals surface area contributed by atoms with Gasteiger partial charge in [0, 0.05) is 25.1 Å². The summed E-state index contributed by atoms with van der Waals surface area (Å²) in [5.41, 5.74) is 1.36. The summed E-state index contributed by atoms with van der Waals surface area (Å²) >= 11 is 0. The van der Waals surface area contributed by atoms with Crippen molar-refractivity contribution in [1.29, 1.82) is 0 Å². The molecule has 2 N–H and O–H groups in total. The topological polar surface area (TPSA) is 87.3 Å². The number of nitrogens with one attached hydrogen (secondary N) is 2. The van der Waals surface area contributed by atoms with Crippen LogP contribution in [0.2, 0.25) is 0 Å². The SMILES string of the molecule is Cc1nc(C2CCN(C(=O)Nc3ccccc3OC(C)C)CC2)cc(=O)[nH]1. The minimum atomic E-state index is -0.136. The second kappa shape index (κ2) is 8.24. The number of rotatable bonds is 4. The second-order valence-electron chi connectivity index (χ2n) is 7.11. The fourth-order valence-corrected chi connectivity index (χ4v) is 3.31. The van der Waals surface area contributed by atoms with Crippen molar-refractivity contribution in [2.45, 2.75) is 45.6 Å². The van der Waals surface area contributed by atoms with E-state index in [0.29, 0.717) is 30.4 Å². The van der Waals surface area contributed by atoms with E-state index in [4.69, 9.17) is 4.74 Å². The number of likely N-dealkylation sites (tertiary alicyclic amines) is 1. The summed E-state index contributed by atoms with van der Waals surface area (Å²) in [6, 6.07) is 8.87. The molecule has 27 heavy (non-hydrogen) atoms. The summed E-state index contributed by atoms with van der Waals surface area (Å²) in [5.74, 6) is 1.49. The van der Waals surface area contributed by atoms with Crippen molar-refractivity contribution in [3.8, 4) is 5.75 Å². The Labute approximate surface area is 158 Å². The molecule has 7 nitrogen and oxygen atoms in total. The minimum absolute atomic E-state index is 0.0313. The van der Waals surface area contributed by atoms with Crippen molar-refractivity contribution in [1.82, 2.24) is 14.9 Å². The predicted octanol–water partition coefficient (Wildman–Crippen LogP) is 3.28. The van der Waals surface area contributed by atoms with Gasteiger partial charge in [0.15, 0.2) is 0 Å². The summed E-state index contributed by atoms with van der Waals surface area (Å²) in [7, 11) is 0. The monoisotopic (exact) mass is 370 g/mol. The first-order valence-corrected chi connectivity index (χ1v) is 9.32. The number of H-pyrrole nitrogens is 1. The molecular formula is C20H26N4O3. The zero-order valence-electron chi connectivity index (χ0n) is 16.0. The maximum Gasteiger partial charge on any atom is 0.321 e. The zero-order valence-corrected chi connectivity index (χ0v) is 16.0. The lowest BCUT2D eigenvalue weighted by molar-refractivity contribution is 0.193. The molecule has 1 aliphatic heterocycles. The first kappa shape index (κ1) is 18.9. The summed E-state index contributed by atoms with van der Waals surface area (Å²) in [6.45, 7) is 6.93. The van der Waals surface area contributed by atoms with Gasteiger partial charge in [0.05, 0.1) is 17.5 Å². The van der Waals surface area contributed by atoms with Crippen molar-refractivity contribution in [2.24, 2.45) is 0 Å². The average molecular weight is 370 g/mol. The molecule has 3 rings (SSSR count). The van der Waals surface area contributed by atoms with Gasteiger partial charge in [-0.2, -0.15) is 0 Å². The number of anilines is 1. The molecule has 0 saturated carbocycles. The number of benzene rings is 1. The minimum Gasteiger partial charge on any atom is -0.489 e. The lowest BCUT2D eigenvalue weighted by atomic mass is 9.93. The Morgan fingerprint density at radius 1 is 1.30 bits per heavy atom. The summed E-state index contributed by atoms with van der Waals surface area (Å²) < 4.78 is 5.76. The number of amides is 2. The molecule has 2 aromatic rings. The molecule has 2 heterocycles. The number of carbonyl (C=O) groups is 1. The number of carbonyl (C=O) groups excluding carboxylic acids is 1. The van der Waals surface area contributed by atoms with Crippen LogP contribution in [0.25, 0.3) is 0 Å². The van der Waals surface area contributed by atoms with Crippen LogP contribution >= 0.6 is 0 Å². The van der Waals surface area contributed by atoms with Gasteiger partial charge in [0.2, 0.25) is 0 Å². The Morgan fingerprint density at radius 2 is 2.00 bits per heavy atom. The van der Waals surface area contributed by atoms with Crippen LogP contribution in [0.1, 0.15) is 44.1 Å². The van der Waals surface area contributed by atoms with Gasteiger partial charge in [0.25, 0.3) is 5.56 Å². The third-order valence-corrected chi connectivity index (χ3v) is 4.57. The summed E-state index contributed by atoms with van der Waals surface area (Å²) in [4.78, 5) is 33.2. The van der Waals surface area contributed by atoms with Gasteiger partial charge >= 0.3 is 6.03 Å². The Hall–Kier alpha value is -2.83. The van der Waals surface area contributed by atoms with Crippen LogP contribution in [-0.4, -0.2) is 40.1 Å². The molecule has 1 fully saturated rings. The molecule has 0 bridgehead atoms. The van der Waals surface area contributed by atoms with E-state index in [9.17, 15) is 9.59 Å². The van der Waals surface area contributed by atoms with E-state index in [-0.39, 0.29) is 23.6 Å². The van der Waals surface area contributed by atoms with Crippen molar-refractivity contribution in [3.63, 3.8) is 0 Å². The van der Waals surface area contributed by atoms with Crippen molar-refractivity contribution >= 4 is 11.7 Å². The van der Waals surface area contributed by atoms with Gasteiger partial charge in [0.1, 0.15) is 11.6 Å². The lowest BCUT2D eigenvalue weighted by Crippen LogP contribution is -2.40. The third-order valence-electron chi connectivity index (χ3n) is 4.57. The quantitative estimate of drug-likeness (QED) is 0.865. The molecule has 0 atom stereocenters. The highest BCUT2D eigenvalue weighted by atomic mass is 16.5. The van der Waals surface area contributed by atoms with Crippen LogP contribution in [-0.2, 0) is 0 Å². The van der Waals surface area contributed by atoms with Crippen LogP contribution in [0.5, 0.6) is 5.75 Å². The van der Waals surface area contributed by atoms with Gasteiger partial charge in [-0.15, -0.1) is 0 Å². The molecular weight excluding hydrogens is 344 g/mol. The van der Waals surface area contributed by atoms with E-state index in [1.165, 1.54) is 0 Å². The standard InChI is InChI=1S/C20H26N4O3/c1-13(2)27-18-7-5-4-6-16(18)23-20(26)24-10-8-15(9-11-24)17-12-19(25)22-14(3)21-17/h4-7,12-13,15H,8-11H2,1-3H3,(H,23,26)(H,21,22,25). The molecule has 1 aromatic carbocycles. The number of aromatic amines is 1. The highest BCUT2D eigenvalue weighted by Gasteiger charge is 2.25. The Morgan fingerprint density at radius 3 is 2.67 bits per heavy atom. The van der Waals surface area contributed by atoms with E-state index >= 15 is 0 Å². The highest BCUT2D eigenvalue weighted by Crippen LogP contribution is 2.28. The maximum absolute atomic E-state index is 12.6. The molecule has 7 heteroatoms. The first-order chi connectivity index (χ1) is 12.9. The molecule has 1 saturated heterocycles. The number of hydrogen-bond donors (Lipinski definition) is 2. The fourth-order valence-electron chi connectivity index (χ4n) is 3.31. The van der Waals surface area contributed by atoms with Gasteiger partial charge in [-0.05, 0) is 45.7 Å². The van der Waals surface area contributed by atoms with Crippen LogP contribution in [0.15, 0.2) is 35.1 Å². The molecule has 1 aliphatic rings. The van der Waals surface area contributed by atoms with Crippen molar-refractivity contribution in [3.05, 3.63) is 52.2 Å². The molecule has 0 radical (unpaired) electrons. The Balaban J connectivity index is 1.61. The van der Waals surface area contributed by atoms with Crippen molar-refractivity contribution < 1.29 is 9.53 Å². The number of nitrogens with zero attached hydrogens (tertiary/aromatic N) is 2. The zero-order chi connectivity index (χ0) is 19.4. The van der Waals surface area contributed by atoms with Crippen LogP contribution in [0.4, 0.5) is 10.5 Å². The average Bonchev–Trinajstić information content (AvgIpc) is 2.62. The molecule has 0 spiro atoms. The van der Waals surface area contributed by atoms with Crippen LogP contribution in [0.3, 0.4) is 0 Å². The molecule has 1 aromatic heterocycles. The van der Waals surface area contributed by atoms with E-state index in [1.54, 1.807) is 17.9 Å². The smallest absolute Gasteiger partial charge is 0.321 e. The number of hydrogen-bond acceptors (Lipinski definition) is 4. The number of aryl methyl sites for hydroxylation is 1. The van der Waals surface area contributed by atoms with E-state index < -0.39 is 0 Å². The number of para-hydroxylation sites is 2. The Bertz CT molecular complexity index is 854. The number of urea groups is 1. The molecule has 144 valence electrons.